The minimum absolute atomic E-state index is 0.994. The van der Waals surface area contributed by atoms with Gasteiger partial charge in [-0.25, -0.2) is 0 Å². The van der Waals surface area contributed by atoms with Gasteiger partial charge in [0, 0.05) is 32.0 Å². The maximum absolute atomic E-state index is 4.75. The Hall–Kier alpha value is -1.68. The van der Waals surface area contributed by atoms with Gasteiger partial charge in [0.15, 0.2) is 0 Å². The molecule has 98 valence electrons. The lowest BCUT2D eigenvalue weighted by Gasteiger charge is -2.28. The first kappa shape index (κ1) is 11.2. The van der Waals surface area contributed by atoms with Crippen LogP contribution in [0.5, 0.6) is 0 Å². The van der Waals surface area contributed by atoms with Crippen LogP contribution in [-0.2, 0) is 32.5 Å². The van der Waals surface area contributed by atoms with Crippen molar-refractivity contribution in [2.45, 2.75) is 38.9 Å². The lowest BCUT2D eigenvalue weighted by atomic mass is 10.1. The molecule has 0 amide bonds. The van der Waals surface area contributed by atoms with Gasteiger partial charge >= 0.3 is 0 Å². The minimum atomic E-state index is 0.994. The number of aryl methyl sites for hydroxylation is 1. The van der Waals surface area contributed by atoms with Crippen LogP contribution in [0.15, 0.2) is 24.5 Å². The van der Waals surface area contributed by atoms with Crippen LogP contribution in [0, 0.1) is 0 Å². The van der Waals surface area contributed by atoms with E-state index in [0.29, 0.717) is 0 Å². The second-order valence-corrected chi connectivity index (χ2v) is 5.52. The zero-order valence-electron chi connectivity index (χ0n) is 11.0. The van der Waals surface area contributed by atoms with Crippen LogP contribution >= 0.6 is 0 Å². The summed E-state index contributed by atoms with van der Waals surface area (Å²) in [5.41, 5.74) is 5.66. The van der Waals surface area contributed by atoms with Crippen molar-refractivity contribution < 1.29 is 0 Å². The molecule has 2 aromatic rings. The van der Waals surface area contributed by atoms with Gasteiger partial charge < -0.3 is 0 Å². The van der Waals surface area contributed by atoms with Crippen LogP contribution in [-0.4, -0.2) is 26.2 Å². The fourth-order valence-electron chi connectivity index (χ4n) is 3.28. The maximum atomic E-state index is 4.75. The minimum Gasteiger partial charge on any atom is -0.291 e. The largest absolute Gasteiger partial charge is 0.291 e. The highest BCUT2D eigenvalue weighted by Gasteiger charge is 2.26. The molecule has 0 radical (unpaired) electrons. The number of aromatic nitrogens is 3. The third-order valence-electron chi connectivity index (χ3n) is 4.22. The summed E-state index contributed by atoms with van der Waals surface area (Å²) in [6, 6.07) is 4.17. The fraction of sp³-hybridized carbons (Fsp3) is 0.467. The lowest BCUT2D eigenvalue weighted by Crippen LogP contribution is -2.34. The van der Waals surface area contributed by atoms with Crippen LogP contribution in [0.3, 0.4) is 0 Å². The molecule has 0 unspecified atom stereocenters. The molecule has 1 aliphatic heterocycles. The van der Waals surface area contributed by atoms with Crippen LogP contribution < -0.4 is 0 Å². The Morgan fingerprint density at radius 3 is 3.11 bits per heavy atom. The third kappa shape index (κ3) is 1.96. The van der Waals surface area contributed by atoms with E-state index in [1.807, 2.05) is 18.5 Å². The van der Waals surface area contributed by atoms with Crippen LogP contribution in [0.1, 0.15) is 28.9 Å². The zero-order chi connectivity index (χ0) is 12.7. The van der Waals surface area contributed by atoms with Gasteiger partial charge in [-0.15, -0.1) is 0 Å². The average Bonchev–Trinajstić information content (AvgIpc) is 3.01. The Labute approximate surface area is 113 Å². The Morgan fingerprint density at radius 2 is 2.21 bits per heavy atom. The molecular formula is C15H18N4. The fourth-order valence-corrected chi connectivity index (χ4v) is 3.28. The highest BCUT2D eigenvalue weighted by atomic mass is 15.3. The van der Waals surface area contributed by atoms with E-state index >= 15 is 0 Å². The summed E-state index contributed by atoms with van der Waals surface area (Å²) in [6.07, 6.45) is 7.50. The second kappa shape index (κ2) is 4.46. The molecule has 4 nitrogen and oxygen atoms in total. The number of hydrogen-bond acceptors (Lipinski definition) is 3. The Morgan fingerprint density at radius 1 is 1.21 bits per heavy atom. The van der Waals surface area contributed by atoms with Crippen molar-refractivity contribution >= 4 is 0 Å². The Kier molecular flexibility index (Phi) is 2.62. The number of pyridine rings is 1. The van der Waals surface area contributed by atoms with Crippen molar-refractivity contribution in [3.63, 3.8) is 0 Å². The molecule has 4 heteroatoms. The van der Waals surface area contributed by atoms with E-state index in [0.717, 1.165) is 26.2 Å². The molecule has 19 heavy (non-hydrogen) atoms. The molecule has 0 fully saturated rings. The van der Waals surface area contributed by atoms with E-state index < -0.39 is 0 Å². The molecule has 0 aromatic carbocycles. The van der Waals surface area contributed by atoms with Crippen LogP contribution in [0.25, 0.3) is 0 Å². The van der Waals surface area contributed by atoms with Gasteiger partial charge in [-0.05, 0) is 36.5 Å². The van der Waals surface area contributed by atoms with Crippen molar-refractivity contribution in [1.29, 1.82) is 0 Å². The topological polar surface area (TPSA) is 34.0 Å². The van der Waals surface area contributed by atoms with Crippen molar-refractivity contribution in [1.82, 2.24) is 19.7 Å². The van der Waals surface area contributed by atoms with Gasteiger partial charge in [0.25, 0.3) is 0 Å². The first-order chi connectivity index (χ1) is 9.40. The zero-order valence-corrected chi connectivity index (χ0v) is 11.0. The summed E-state index contributed by atoms with van der Waals surface area (Å²) in [4.78, 5) is 6.70. The quantitative estimate of drug-likeness (QED) is 0.819. The number of rotatable bonds is 2. The first-order valence-electron chi connectivity index (χ1n) is 7.09. The summed E-state index contributed by atoms with van der Waals surface area (Å²) in [6.45, 7) is 4.15. The molecule has 4 rings (SSSR count). The van der Waals surface area contributed by atoms with Gasteiger partial charge in [0.2, 0.25) is 0 Å². The molecule has 0 bridgehead atoms. The van der Waals surface area contributed by atoms with E-state index in [1.54, 1.807) is 0 Å². The molecule has 3 heterocycles. The predicted molar refractivity (Wildman–Crippen MR) is 72.6 cm³/mol. The van der Waals surface area contributed by atoms with Gasteiger partial charge in [-0.2, -0.15) is 5.10 Å². The molecule has 2 aromatic heterocycles. The SMILES string of the molecule is c1cncc(CN2CCn3nc4c(c3C2)CCC4)c1. The smallest absolute Gasteiger partial charge is 0.0660 e. The second-order valence-electron chi connectivity index (χ2n) is 5.52. The molecule has 0 atom stereocenters. The molecule has 2 aliphatic rings. The molecule has 0 N–H and O–H groups in total. The van der Waals surface area contributed by atoms with Crippen molar-refractivity contribution in [2.24, 2.45) is 0 Å². The maximum Gasteiger partial charge on any atom is 0.0660 e. The van der Waals surface area contributed by atoms with Crippen molar-refractivity contribution in [2.75, 3.05) is 6.54 Å². The molecule has 0 saturated heterocycles. The van der Waals surface area contributed by atoms with Gasteiger partial charge in [0.1, 0.15) is 0 Å². The Bertz CT molecular complexity index is 588. The van der Waals surface area contributed by atoms with E-state index in [2.05, 4.69) is 20.6 Å². The summed E-state index contributed by atoms with van der Waals surface area (Å²) < 4.78 is 2.24. The van der Waals surface area contributed by atoms with Crippen molar-refractivity contribution in [3.8, 4) is 0 Å². The van der Waals surface area contributed by atoms with E-state index in [1.165, 1.54) is 41.8 Å². The number of fused-ring (bicyclic) bond motifs is 3. The van der Waals surface area contributed by atoms with Crippen LogP contribution in [0.4, 0.5) is 0 Å². The molecule has 0 spiro atoms. The molecule has 1 aliphatic carbocycles. The van der Waals surface area contributed by atoms with E-state index in [4.69, 9.17) is 5.10 Å². The van der Waals surface area contributed by atoms with Crippen molar-refractivity contribution in [3.05, 3.63) is 47.0 Å². The summed E-state index contributed by atoms with van der Waals surface area (Å²) in [7, 11) is 0. The van der Waals surface area contributed by atoms with Gasteiger partial charge in [-0.3, -0.25) is 14.6 Å². The molecule has 0 saturated carbocycles. The van der Waals surface area contributed by atoms with E-state index in [-0.39, 0.29) is 0 Å². The standard InChI is InChI=1S/C15H18N4/c1-4-13-14(5-1)17-19-8-7-18(11-15(13)19)10-12-3-2-6-16-9-12/h2-3,6,9H,1,4-5,7-8,10-11H2. The highest BCUT2D eigenvalue weighted by Crippen LogP contribution is 2.28. The summed E-state index contributed by atoms with van der Waals surface area (Å²) in [5.74, 6) is 0. The first-order valence-corrected chi connectivity index (χ1v) is 7.09. The van der Waals surface area contributed by atoms with Crippen LogP contribution in [0.2, 0.25) is 0 Å². The monoisotopic (exact) mass is 254 g/mol. The van der Waals surface area contributed by atoms with E-state index in [9.17, 15) is 0 Å². The number of nitrogens with zero attached hydrogens (tertiary/aromatic N) is 4. The average molecular weight is 254 g/mol. The normalized spacial score (nSPS) is 18.3. The Balaban J connectivity index is 1.55. The highest BCUT2D eigenvalue weighted by molar-refractivity contribution is 5.31. The summed E-state index contributed by atoms with van der Waals surface area (Å²) >= 11 is 0. The predicted octanol–water partition coefficient (Wildman–Crippen LogP) is 1.78. The lowest BCUT2D eigenvalue weighted by molar-refractivity contribution is 0.204. The third-order valence-corrected chi connectivity index (χ3v) is 4.22. The molecular weight excluding hydrogens is 236 g/mol. The van der Waals surface area contributed by atoms with Gasteiger partial charge in [-0.1, -0.05) is 6.07 Å². The number of hydrogen-bond donors (Lipinski definition) is 0. The summed E-state index contributed by atoms with van der Waals surface area (Å²) in [5, 5.41) is 4.75. The van der Waals surface area contributed by atoms with Gasteiger partial charge in [0.05, 0.1) is 17.9 Å².